The minimum absolute atomic E-state index is 0.0374. The van der Waals surface area contributed by atoms with Crippen LogP contribution in [0.2, 0.25) is 0 Å². The smallest absolute Gasteiger partial charge is 0.416 e. The quantitative estimate of drug-likeness (QED) is 0.614. The molecule has 2 heterocycles. The molecule has 0 unspecified atom stereocenters. The summed E-state index contributed by atoms with van der Waals surface area (Å²) in [5.41, 5.74) is 6.63. The highest BCUT2D eigenvalue weighted by molar-refractivity contribution is 6.02. The van der Waals surface area contributed by atoms with Crippen LogP contribution in [0.15, 0.2) is 30.3 Å². The number of carbonyl (C=O) groups is 1. The Balaban J connectivity index is 1.60. The van der Waals surface area contributed by atoms with E-state index < -0.39 is 11.7 Å². The van der Waals surface area contributed by atoms with Crippen LogP contribution < -0.4 is 20.7 Å². The number of aromatic nitrogens is 2. The highest BCUT2D eigenvalue weighted by Gasteiger charge is 2.31. The summed E-state index contributed by atoms with van der Waals surface area (Å²) in [7, 11) is 1.66. The number of nitrogens with two attached hydrogens (primary N) is 1. The number of hydrogen-bond acceptors (Lipinski definition) is 6. The fraction of sp³-hybridized carbons (Fsp3) is 0.286. The number of fused-ring (bicyclic) bond motifs is 2. The number of anilines is 3. The lowest BCUT2D eigenvalue weighted by molar-refractivity contribution is -0.137. The van der Waals surface area contributed by atoms with E-state index in [9.17, 15) is 18.0 Å². The maximum atomic E-state index is 13.0. The van der Waals surface area contributed by atoms with Crippen molar-refractivity contribution in [2.45, 2.75) is 19.5 Å². The van der Waals surface area contributed by atoms with Gasteiger partial charge in [0.15, 0.2) is 6.61 Å². The fourth-order valence-electron chi connectivity index (χ4n) is 3.50. The van der Waals surface area contributed by atoms with Crippen LogP contribution in [0.3, 0.4) is 0 Å². The number of nitrogens with zero attached hydrogens (tertiary/aromatic N) is 3. The Bertz CT molecular complexity index is 1180. The summed E-state index contributed by atoms with van der Waals surface area (Å²) in [6.07, 6.45) is -4.15. The molecule has 0 bridgehead atoms. The number of rotatable bonds is 4. The van der Waals surface area contributed by atoms with Crippen molar-refractivity contribution in [3.63, 3.8) is 0 Å². The maximum Gasteiger partial charge on any atom is 0.416 e. The summed E-state index contributed by atoms with van der Waals surface area (Å²) in [5, 5.41) is 3.85. The van der Waals surface area contributed by atoms with E-state index in [1.807, 2.05) is 0 Å². The Morgan fingerprint density at radius 3 is 2.71 bits per heavy atom. The van der Waals surface area contributed by atoms with Crippen LogP contribution in [-0.4, -0.2) is 36.1 Å². The summed E-state index contributed by atoms with van der Waals surface area (Å²) in [5.74, 6) is 1.43. The standard InChI is InChI=1S/C21H20F3N5O2/c1-11-27-16-9-18-17(29(2)19(30)10-31-18)8-15(16)20(28-11)26-4-3-12-5-13(21(22,23)24)7-14(25)6-12/h5-9H,3-4,10,25H2,1-2H3,(H,26,27,28). The van der Waals surface area contributed by atoms with Crippen LogP contribution in [-0.2, 0) is 17.4 Å². The molecule has 0 aliphatic carbocycles. The van der Waals surface area contributed by atoms with Gasteiger partial charge in [0.25, 0.3) is 5.91 Å². The van der Waals surface area contributed by atoms with E-state index in [0.717, 1.165) is 12.1 Å². The number of carbonyl (C=O) groups excluding carboxylic acids is 1. The lowest BCUT2D eigenvalue weighted by Gasteiger charge is -2.26. The van der Waals surface area contributed by atoms with Crippen molar-refractivity contribution < 1.29 is 22.7 Å². The molecule has 1 amide bonds. The second-order valence-corrected chi connectivity index (χ2v) is 7.34. The molecule has 0 atom stereocenters. The average Bonchev–Trinajstić information content (AvgIpc) is 2.69. The highest BCUT2D eigenvalue weighted by atomic mass is 19.4. The van der Waals surface area contributed by atoms with Crippen molar-refractivity contribution in [2.75, 3.05) is 36.1 Å². The molecular weight excluding hydrogens is 411 g/mol. The van der Waals surface area contributed by atoms with Crippen molar-refractivity contribution in [1.82, 2.24) is 9.97 Å². The van der Waals surface area contributed by atoms with E-state index >= 15 is 0 Å². The van der Waals surface area contributed by atoms with Crippen LogP contribution in [0.25, 0.3) is 10.9 Å². The molecule has 1 aromatic heterocycles. The van der Waals surface area contributed by atoms with Gasteiger partial charge in [0, 0.05) is 30.7 Å². The largest absolute Gasteiger partial charge is 0.481 e. The molecule has 0 saturated heterocycles. The molecule has 7 nitrogen and oxygen atoms in total. The number of amides is 1. The van der Waals surface area contributed by atoms with Gasteiger partial charge >= 0.3 is 6.18 Å². The van der Waals surface area contributed by atoms with Gasteiger partial charge in [-0.1, -0.05) is 0 Å². The second-order valence-electron chi connectivity index (χ2n) is 7.34. The Labute approximate surface area is 176 Å². The van der Waals surface area contributed by atoms with Gasteiger partial charge in [-0.15, -0.1) is 0 Å². The highest BCUT2D eigenvalue weighted by Crippen LogP contribution is 2.37. The van der Waals surface area contributed by atoms with Gasteiger partial charge in [0.2, 0.25) is 0 Å². The van der Waals surface area contributed by atoms with Crippen molar-refractivity contribution >= 4 is 34.0 Å². The minimum Gasteiger partial charge on any atom is -0.481 e. The zero-order valence-corrected chi connectivity index (χ0v) is 16.9. The van der Waals surface area contributed by atoms with Gasteiger partial charge in [-0.25, -0.2) is 9.97 Å². The zero-order valence-electron chi connectivity index (χ0n) is 16.9. The van der Waals surface area contributed by atoms with Crippen molar-refractivity contribution in [3.8, 4) is 5.75 Å². The maximum absolute atomic E-state index is 13.0. The van der Waals surface area contributed by atoms with E-state index in [1.54, 1.807) is 26.1 Å². The number of nitrogens with one attached hydrogen (secondary N) is 1. The number of benzene rings is 2. The number of ether oxygens (including phenoxy) is 1. The van der Waals surface area contributed by atoms with Crippen molar-refractivity contribution in [3.05, 3.63) is 47.3 Å². The average molecular weight is 431 g/mol. The Morgan fingerprint density at radius 1 is 1.19 bits per heavy atom. The van der Waals surface area contributed by atoms with E-state index in [4.69, 9.17) is 10.5 Å². The summed E-state index contributed by atoms with van der Waals surface area (Å²) >= 11 is 0. The van der Waals surface area contributed by atoms with Gasteiger partial charge in [0.05, 0.1) is 16.8 Å². The van der Waals surface area contributed by atoms with Crippen LogP contribution in [0.1, 0.15) is 17.0 Å². The first kappa shape index (κ1) is 20.7. The number of alkyl halides is 3. The third-order valence-corrected chi connectivity index (χ3v) is 5.02. The van der Waals surface area contributed by atoms with Gasteiger partial charge in [-0.2, -0.15) is 13.2 Å². The number of aryl methyl sites for hydroxylation is 1. The lowest BCUT2D eigenvalue weighted by atomic mass is 10.1. The molecule has 2 aromatic carbocycles. The molecule has 1 aliphatic rings. The molecule has 0 fully saturated rings. The summed E-state index contributed by atoms with van der Waals surface area (Å²) in [6, 6.07) is 7.05. The minimum atomic E-state index is -4.46. The first-order chi connectivity index (χ1) is 14.6. The third-order valence-electron chi connectivity index (χ3n) is 5.02. The second kappa shape index (κ2) is 7.60. The lowest BCUT2D eigenvalue weighted by Crippen LogP contribution is -2.35. The SMILES string of the molecule is Cc1nc(NCCc2cc(N)cc(C(F)(F)F)c2)c2cc3c(cc2n1)OCC(=O)N3C. The molecule has 4 rings (SSSR count). The van der Waals surface area contributed by atoms with Crippen LogP contribution in [0, 0.1) is 6.92 Å². The van der Waals surface area contributed by atoms with Crippen LogP contribution in [0.4, 0.5) is 30.4 Å². The zero-order chi connectivity index (χ0) is 22.3. The van der Waals surface area contributed by atoms with E-state index in [2.05, 4.69) is 15.3 Å². The topological polar surface area (TPSA) is 93.4 Å². The normalized spacial score (nSPS) is 13.8. The predicted octanol–water partition coefficient (Wildman–Crippen LogP) is 3.55. The molecule has 0 saturated carbocycles. The molecule has 1 aliphatic heterocycles. The molecule has 10 heteroatoms. The Morgan fingerprint density at radius 2 is 1.97 bits per heavy atom. The molecule has 3 N–H and O–H groups in total. The Hall–Kier alpha value is -3.56. The molecule has 3 aromatic rings. The number of hydrogen-bond donors (Lipinski definition) is 2. The van der Waals surface area contributed by atoms with Gasteiger partial charge in [-0.3, -0.25) is 4.79 Å². The molecule has 31 heavy (non-hydrogen) atoms. The van der Waals surface area contributed by atoms with Crippen LogP contribution >= 0.6 is 0 Å². The molecule has 0 radical (unpaired) electrons. The van der Waals surface area contributed by atoms with Crippen molar-refractivity contribution in [1.29, 1.82) is 0 Å². The summed E-state index contributed by atoms with van der Waals surface area (Å²) in [4.78, 5) is 22.3. The summed E-state index contributed by atoms with van der Waals surface area (Å²) in [6.45, 7) is 2.03. The van der Waals surface area contributed by atoms with Gasteiger partial charge in [-0.05, 0) is 43.2 Å². The third kappa shape index (κ3) is 4.18. The number of likely N-dealkylation sites (N-methyl/N-ethyl adjacent to an activating group) is 1. The van der Waals surface area contributed by atoms with E-state index in [0.29, 0.717) is 52.5 Å². The first-order valence-electron chi connectivity index (χ1n) is 9.54. The Kier molecular flexibility index (Phi) is 5.08. The number of nitrogen functional groups attached to an aromatic ring is 1. The molecular formula is C21H20F3N5O2. The first-order valence-corrected chi connectivity index (χ1v) is 9.54. The van der Waals surface area contributed by atoms with E-state index in [1.165, 1.54) is 11.0 Å². The van der Waals surface area contributed by atoms with Gasteiger partial charge in [0.1, 0.15) is 17.4 Å². The summed E-state index contributed by atoms with van der Waals surface area (Å²) < 4.78 is 44.6. The fourth-order valence-corrected chi connectivity index (χ4v) is 3.50. The van der Waals surface area contributed by atoms with E-state index in [-0.39, 0.29) is 18.2 Å². The molecule has 162 valence electrons. The monoisotopic (exact) mass is 431 g/mol. The van der Waals surface area contributed by atoms with Crippen molar-refractivity contribution in [2.24, 2.45) is 0 Å². The molecule has 0 spiro atoms. The van der Waals surface area contributed by atoms with Gasteiger partial charge < -0.3 is 20.7 Å². The number of halogens is 3. The van der Waals surface area contributed by atoms with Crippen LogP contribution in [0.5, 0.6) is 5.75 Å². The predicted molar refractivity (Wildman–Crippen MR) is 111 cm³/mol.